The molecule has 1 unspecified atom stereocenters. The highest BCUT2D eigenvalue weighted by Crippen LogP contribution is 2.26. The van der Waals surface area contributed by atoms with Crippen LogP contribution >= 0.6 is 0 Å². The highest BCUT2D eigenvalue weighted by Gasteiger charge is 2.32. The second-order valence-corrected chi connectivity index (χ2v) is 5.60. The highest BCUT2D eigenvalue weighted by atomic mass is 16.5. The Hall–Kier alpha value is -0.120. The molecular weight excluding hydrogens is 200 g/mol. The molecule has 0 aromatic rings. The third-order valence-corrected chi connectivity index (χ3v) is 2.73. The van der Waals surface area contributed by atoms with Crippen LogP contribution in [0.15, 0.2) is 0 Å². The molecule has 0 aromatic carbocycles. The molecule has 0 aliphatic rings. The molecule has 3 nitrogen and oxygen atoms in total. The lowest BCUT2D eigenvalue weighted by Gasteiger charge is -2.44. The van der Waals surface area contributed by atoms with Crippen LogP contribution < -0.4 is 0 Å². The zero-order valence-electron chi connectivity index (χ0n) is 12.4. The summed E-state index contributed by atoms with van der Waals surface area (Å²) in [6.07, 6.45) is 0.125. The van der Waals surface area contributed by atoms with E-state index in [0.29, 0.717) is 6.04 Å². The van der Waals surface area contributed by atoms with E-state index < -0.39 is 0 Å². The Morgan fingerprint density at radius 1 is 1.12 bits per heavy atom. The van der Waals surface area contributed by atoms with Gasteiger partial charge in [-0.05, 0) is 20.8 Å². The molecule has 98 valence electrons. The first-order valence-corrected chi connectivity index (χ1v) is 6.36. The summed E-state index contributed by atoms with van der Waals surface area (Å²) in [7, 11) is 2.12. The normalized spacial score (nSPS) is 15.2. The molecule has 0 aliphatic heterocycles. The third-order valence-electron chi connectivity index (χ3n) is 2.73. The molecule has 0 N–H and O–H groups in total. The molecule has 3 heteroatoms. The van der Waals surface area contributed by atoms with E-state index in [1.54, 1.807) is 0 Å². The van der Waals surface area contributed by atoms with Crippen molar-refractivity contribution in [1.82, 2.24) is 10.0 Å². The van der Waals surface area contributed by atoms with Crippen molar-refractivity contribution in [3.8, 4) is 0 Å². The van der Waals surface area contributed by atoms with Gasteiger partial charge in [0.1, 0.15) is 6.23 Å². The maximum absolute atomic E-state index is 5.89. The minimum atomic E-state index is 0.118. The molecule has 0 aromatic heterocycles. The maximum atomic E-state index is 5.89. The summed E-state index contributed by atoms with van der Waals surface area (Å²) >= 11 is 0. The molecule has 0 saturated heterocycles. The van der Waals surface area contributed by atoms with Crippen LogP contribution in [0.5, 0.6) is 0 Å². The van der Waals surface area contributed by atoms with E-state index in [0.717, 1.165) is 13.2 Å². The summed E-state index contributed by atoms with van der Waals surface area (Å²) in [6.45, 7) is 17.1. The fourth-order valence-corrected chi connectivity index (χ4v) is 2.16. The minimum Gasteiger partial charge on any atom is -0.362 e. The van der Waals surface area contributed by atoms with Crippen molar-refractivity contribution in [1.29, 1.82) is 0 Å². The van der Waals surface area contributed by atoms with Crippen molar-refractivity contribution in [2.24, 2.45) is 5.41 Å². The van der Waals surface area contributed by atoms with Crippen molar-refractivity contribution >= 4 is 0 Å². The van der Waals surface area contributed by atoms with E-state index >= 15 is 0 Å². The highest BCUT2D eigenvalue weighted by molar-refractivity contribution is 4.74. The van der Waals surface area contributed by atoms with E-state index in [1.807, 2.05) is 0 Å². The predicted octanol–water partition coefficient (Wildman–Crippen LogP) is 2.97. The molecule has 1 atom stereocenters. The summed E-state index contributed by atoms with van der Waals surface area (Å²) in [4.78, 5) is 0. The van der Waals surface area contributed by atoms with Crippen LogP contribution in [0.2, 0.25) is 0 Å². The maximum Gasteiger partial charge on any atom is 0.127 e. The summed E-state index contributed by atoms with van der Waals surface area (Å²) in [5.41, 5.74) is 0.118. The zero-order chi connectivity index (χ0) is 12.9. The van der Waals surface area contributed by atoms with E-state index in [-0.39, 0.29) is 11.6 Å². The van der Waals surface area contributed by atoms with Gasteiger partial charge in [0.15, 0.2) is 0 Å². The third kappa shape index (κ3) is 4.40. The van der Waals surface area contributed by atoms with Crippen molar-refractivity contribution in [2.45, 2.75) is 60.7 Å². The minimum absolute atomic E-state index is 0.118. The van der Waals surface area contributed by atoms with Crippen molar-refractivity contribution in [3.05, 3.63) is 0 Å². The Morgan fingerprint density at radius 2 is 1.62 bits per heavy atom. The Kier molecular flexibility index (Phi) is 6.53. The van der Waals surface area contributed by atoms with E-state index in [1.165, 1.54) is 0 Å². The molecule has 0 rings (SSSR count). The van der Waals surface area contributed by atoms with Gasteiger partial charge in [0, 0.05) is 31.7 Å². The van der Waals surface area contributed by atoms with E-state index in [4.69, 9.17) is 4.74 Å². The average Bonchev–Trinajstić information content (AvgIpc) is 2.12. The van der Waals surface area contributed by atoms with Crippen LogP contribution in [-0.4, -0.2) is 42.5 Å². The first-order valence-electron chi connectivity index (χ1n) is 6.36. The molecule has 0 spiro atoms. The number of hydrogen-bond acceptors (Lipinski definition) is 3. The Balaban J connectivity index is 4.77. The van der Waals surface area contributed by atoms with Crippen molar-refractivity contribution in [3.63, 3.8) is 0 Å². The van der Waals surface area contributed by atoms with Crippen LogP contribution in [0.25, 0.3) is 0 Å². The molecule has 0 bridgehead atoms. The Morgan fingerprint density at radius 3 is 1.88 bits per heavy atom. The van der Waals surface area contributed by atoms with Gasteiger partial charge in [0.2, 0.25) is 0 Å². The van der Waals surface area contributed by atoms with Crippen LogP contribution in [0.3, 0.4) is 0 Å². The standard InChI is InChI=1S/C13H30N2O/c1-9-15(11(3)4)14(8)12(16-10-2)13(5,6)7/h11-12H,9-10H2,1-8H3. The van der Waals surface area contributed by atoms with Crippen molar-refractivity contribution in [2.75, 3.05) is 20.2 Å². The van der Waals surface area contributed by atoms with Crippen LogP contribution in [0.4, 0.5) is 0 Å². The Labute approximate surface area is 102 Å². The Bertz CT molecular complexity index is 187. The fraction of sp³-hybridized carbons (Fsp3) is 1.00. The van der Waals surface area contributed by atoms with Gasteiger partial charge in [0.05, 0.1) is 0 Å². The molecule has 0 aliphatic carbocycles. The van der Waals surface area contributed by atoms with Gasteiger partial charge in [-0.25, -0.2) is 10.0 Å². The zero-order valence-corrected chi connectivity index (χ0v) is 12.4. The fourth-order valence-electron chi connectivity index (χ4n) is 2.16. The SMILES string of the molecule is CCOC(N(C)N(CC)C(C)C)C(C)(C)C. The van der Waals surface area contributed by atoms with Gasteiger partial charge in [0.25, 0.3) is 0 Å². The summed E-state index contributed by atoms with van der Waals surface area (Å²) in [6, 6.07) is 0.500. The number of nitrogens with zero attached hydrogens (tertiary/aromatic N) is 2. The second kappa shape index (κ2) is 6.58. The molecule has 0 fully saturated rings. The monoisotopic (exact) mass is 230 g/mol. The second-order valence-electron chi connectivity index (χ2n) is 5.60. The van der Waals surface area contributed by atoms with E-state index in [2.05, 4.69) is 65.5 Å². The van der Waals surface area contributed by atoms with Crippen LogP contribution in [0.1, 0.15) is 48.5 Å². The quantitative estimate of drug-likeness (QED) is 0.515. The summed E-state index contributed by atoms with van der Waals surface area (Å²) in [5, 5.41) is 4.58. The van der Waals surface area contributed by atoms with E-state index in [9.17, 15) is 0 Å². The van der Waals surface area contributed by atoms with Gasteiger partial charge in [-0.1, -0.05) is 27.7 Å². The van der Waals surface area contributed by atoms with Gasteiger partial charge in [-0.15, -0.1) is 0 Å². The van der Waals surface area contributed by atoms with Gasteiger partial charge in [-0.3, -0.25) is 0 Å². The number of ether oxygens (including phenoxy) is 1. The van der Waals surface area contributed by atoms with Gasteiger partial charge in [-0.2, -0.15) is 0 Å². The molecule has 16 heavy (non-hydrogen) atoms. The van der Waals surface area contributed by atoms with Crippen LogP contribution in [0, 0.1) is 5.41 Å². The lowest BCUT2D eigenvalue weighted by atomic mass is 9.94. The topological polar surface area (TPSA) is 15.7 Å². The molecule has 0 radical (unpaired) electrons. The average molecular weight is 230 g/mol. The smallest absolute Gasteiger partial charge is 0.127 e. The number of hydrazine groups is 1. The summed E-state index contributed by atoms with van der Waals surface area (Å²) < 4.78 is 5.89. The first kappa shape index (κ1) is 15.9. The van der Waals surface area contributed by atoms with Gasteiger partial charge < -0.3 is 4.74 Å². The lowest BCUT2D eigenvalue weighted by Crippen LogP contribution is -2.54. The number of rotatable bonds is 6. The first-order chi connectivity index (χ1) is 7.25. The molecule has 0 amide bonds. The van der Waals surface area contributed by atoms with Gasteiger partial charge >= 0.3 is 0 Å². The molecule has 0 saturated carbocycles. The summed E-state index contributed by atoms with van der Waals surface area (Å²) in [5.74, 6) is 0. The van der Waals surface area contributed by atoms with Crippen molar-refractivity contribution < 1.29 is 4.74 Å². The predicted molar refractivity (Wildman–Crippen MR) is 70.1 cm³/mol. The molecule has 0 heterocycles. The molecular formula is C13H30N2O. The van der Waals surface area contributed by atoms with Crippen LogP contribution in [-0.2, 0) is 4.74 Å². The largest absolute Gasteiger partial charge is 0.362 e. The number of hydrogen-bond donors (Lipinski definition) is 0. The lowest BCUT2D eigenvalue weighted by molar-refractivity contribution is -0.198.